The Bertz CT molecular complexity index is 134. The fraction of sp³-hybridized carbons (Fsp3) is 1.00. The second kappa shape index (κ2) is 2.76. The molecule has 1 aliphatic heterocycles. The van der Waals surface area contributed by atoms with Gasteiger partial charge in [-0.1, -0.05) is 0 Å². The van der Waals surface area contributed by atoms with Crippen molar-refractivity contribution < 1.29 is 4.74 Å². The van der Waals surface area contributed by atoms with Crippen LogP contribution in [0, 0.1) is 11.8 Å². The Labute approximate surface area is 68.5 Å². The van der Waals surface area contributed by atoms with Crippen molar-refractivity contribution in [1.82, 2.24) is 4.90 Å². The van der Waals surface area contributed by atoms with Gasteiger partial charge in [-0.05, 0) is 31.7 Å². The highest BCUT2D eigenvalue weighted by Gasteiger charge is 2.39. The fourth-order valence-corrected chi connectivity index (χ4v) is 2.67. The summed E-state index contributed by atoms with van der Waals surface area (Å²) in [6.07, 6.45) is 3.16. The minimum atomic E-state index is 0.568. The van der Waals surface area contributed by atoms with Gasteiger partial charge < -0.3 is 9.64 Å². The highest BCUT2D eigenvalue weighted by atomic mass is 16.5. The average molecular weight is 155 g/mol. The summed E-state index contributed by atoms with van der Waals surface area (Å²) in [6.45, 7) is 2.59. The van der Waals surface area contributed by atoms with E-state index in [1.165, 1.54) is 25.9 Å². The van der Waals surface area contributed by atoms with Gasteiger partial charge in [-0.15, -0.1) is 0 Å². The van der Waals surface area contributed by atoms with Gasteiger partial charge in [-0.2, -0.15) is 0 Å². The molecule has 11 heavy (non-hydrogen) atoms. The highest BCUT2D eigenvalue weighted by Crippen LogP contribution is 2.38. The average Bonchev–Trinajstić information content (AvgIpc) is 2.43. The molecule has 2 rings (SSSR count). The monoisotopic (exact) mass is 155 g/mol. The van der Waals surface area contributed by atoms with Gasteiger partial charge in [0.05, 0.1) is 6.10 Å². The van der Waals surface area contributed by atoms with Gasteiger partial charge in [0.15, 0.2) is 0 Å². The molecule has 0 aromatic rings. The van der Waals surface area contributed by atoms with Crippen LogP contribution >= 0.6 is 0 Å². The van der Waals surface area contributed by atoms with E-state index in [1.807, 2.05) is 7.11 Å². The zero-order valence-electron chi connectivity index (χ0n) is 7.42. The molecule has 0 aromatic carbocycles. The van der Waals surface area contributed by atoms with E-state index in [1.54, 1.807) is 0 Å². The molecule has 3 atom stereocenters. The van der Waals surface area contributed by atoms with E-state index in [0.29, 0.717) is 6.10 Å². The molecule has 0 amide bonds. The molecule has 2 heteroatoms. The highest BCUT2D eigenvalue weighted by molar-refractivity contribution is 4.91. The summed E-state index contributed by atoms with van der Waals surface area (Å²) in [5.41, 5.74) is 0. The normalized spacial score (nSPS) is 44.7. The molecule has 0 aromatic heterocycles. The van der Waals surface area contributed by atoms with E-state index >= 15 is 0 Å². The van der Waals surface area contributed by atoms with Crippen LogP contribution in [0.5, 0.6) is 0 Å². The van der Waals surface area contributed by atoms with Crippen LogP contribution in [-0.4, -0.2) is 38.3 Å². The van der Waals surface area contributed by atoms with Crippen molar-refractivity contribution in [2.75, 3.05) is 27.2 Å². The second-order valence-corrected chi connectivity index (χ2v) is 4.07. The lowest BCUT2D eigenvalue weighted by Gasteiger charge is -2.12. The fourth-order valence-electron chi connectivity index (χ4n) is 2.67. The smallest absolute Gasteiger partial charge is 0.0577 e. The van der Waals surface area contributed by atoms with Crippen LogP contribution in [0.3, 0.4) is 0 Å². The molecule has 1 aliphatic carbocycles. The van der Waals surface area contributed by atoms with Gasteiger partial charge in [0, 0.05) is 20.2 Å². The van der Waals surface area contributed by atoms with Crippen molar-refractivity contribution in [2.45, 2.75) is 18.9 Å². The maximum absolute atomic E-state index is 5.36. The van der Waals surface area contributed by atoms with Crippen molar-refractivity contribution in [3.05, 3.63) is 0 Å². The van der Waals surface area contributed by atoms with Crippen molar-refractivity contribution in [3.63, 3.8) is 0 Å². The minimum absolute atomic E-state index is 0.568. The Morgan fingerprint density at radius 1 is 1.18 bits per heavy atom. The van der Waals surface area contributed by atoms with Gasteiger partial charge in [0.1, 0.15) is 0 Å². The molecular formula is C9H17NO. The minimum Gasteiger partial charge on any atom is -0.381 e. The van der Waals surface area contributed by atoms with Gasteiger partial charge in [0.25, 0.3) is 0 Å². The van der Waals surface area contributed by atoms with Crippen molar-refractivity contribution in [1.29, 1.82) is 0 Å². The lowest BCUT2D eigenvalue weighted by molar-refractivity contribution is 0.0981. The number of methoxy groups -OCH3 is 1. The number of hydrogen-bond acceptors (Lipinski definition) is 2. The van der Waals surface area contributed by atoms with Gasteiger partial charge in [0.2, 0.25) is 0 Å². The van der Waals surface area contributed by atoms with E-state index in [9.17, 15) is 0 Å². The molecule has 2 nitrogen and oxygen atoms in total. The quantitative estimate of drug-likeness (QED) is 0.559. The van der Waals surface area contributed by atoms with Crippen LogP contribution in [0.4, 0.5) is 0 Å². The predicted molar refractivity (Wildman–Crippen MR) is 44.5 cm³/mol. The van der Waals surface area contributed by atoms with Crippen molar-refractivity contribution in [3.8, 4) is 0 Å². The number of nitrogens with zero attached hydrogens (tertiary/aromatic N) is 1. The molecule has 2 aliphatic rings. The zero-order valence-corrected chi connectivity index (χ0v) is 7.42. The van der Waals surface area contributed by atoms with Gasteiger partial charge in [-0.25, -0.2) is 0 Å². The molecule has 64 valence electrons. The van der Waals surface area contributed by atoms with Gasteiger partial charge >= 0.3 is 0 Å². The van der Waals surface area contributed by atoms with Gasteiger partial charge in [-0.3, -0.25) is 0 Å². The van der Waals surface area contributed by atoms with E-state index < -0.39 is 0 Å². The Morgan fingerprint density at radius 3 is 2.18 bits per heavy atom. The third-order valence-corrected chi connectivity index (χ3v) is 3.22. The summed E-state index contributed by atoms with van der Waals surface area (Å²) in [6, 6.07) is 0. The summed E-state index contributed by atoms with van der Waals surface area (Å²) >= 11 is 0. The SMILES string of the molecule is COC1C[C@@H]2CN(C)C[C@@H]2C1. The lowest BCUT2D eigenvalue weighted by Crippen LogP contribution is -2.18. The van der Waals surface area contributed by atoms with Crippen LogP contribution in [-0.2, 0) is 4.74 Å². The van der Waals surface area contributed by atoms with Crippen LogP contribution in [0.2, 0.25) is 0 Å². The van der Waals surface area contributed by atoms with E-state index in [4.69, 9.17) is 4.74 Å². The molecule has 1 unspecified atom stereocenters. The molecule has 2 fully saturated rings. The topological polar surface area (TPSA) is 12.5 Å². The molecule has 1 heterocycles. The van der Waals surface area contributed by atoms with Crippen molar-refractivity contribution in [2.24, 2.45) is 11.8 Å². The Hall–Kier alpha value is -0.0800. The summed E-state index contributed by atoms with van der Waals surface area (Å²) in [5, 5.41) is 0. The standard InChI is InChI=1S/C9H17NO/c1-10-5-7-3-9(11-2)4-8(7)6-10/h7-9H,3-6H2,1-2H3/t7-,8+,9?. The first-order chi connectivity index (χ1) is 5.29. The van der Waals surface area contributed by atoms with E-state index in [2.05, 4.69) is 11.9 Å². The number of ether oxygens (including phenoxy) is 1. The van der Waals surface area contributed by atoms with Crippen LogP contribution in [0.1, 0.15) is 12.8 Å². The summed E-state index contributed by atoms with van der Waals surface area (Å²) in [7, 11) is 4.07. The first-order valence-corrected chi connectivity index (χ1v) is 4.51. The number of fused-ring (bicyclic) bond motifs is 1. The summed E-state index contributed by atoms with van der Waals surface area (Å²) < 4.78 is 5.36. The predicted octanol–water partition coefficient (Wildman–Crippen LogP) is 0.973. The molecular weight excluding hydrogens is 138 g/mol. The molecule has 1 saturated heterocycles. The Balaban J connectivity index is 1.93. The lowest BCUT2D eigenvalue weighted by atomic mass is 10.0. The Morgan fingerprint density at radius 2 is 1.73 bits per heavy atom. The molecule has 0 N–H and O–H groups in total. The molecule has 0 radical (unpaired) electrons. The maximum Gasteiger partial charge on any atom is 0.0577 e. The first-order valence-electron chi connectivity index (χ1n) is 4.51. The summed E-state index contributed by atoms with van der Waals surface area (Å²) in [5.74, 6) is 1.87. The van der Waals surface area contributed by atoms with Crippen LogP contribution < -0.4 is 0 Å². The van der Waals surface area contributed by atoms with E-state index in [0.717, 1.165) is 11.8 Å². The van der Waals surface area contributed by atoms with E-state index in [-0.39, 0.29) is 0 Å². The summed E-state index contributed by atoms with van der Waals surface area (Å²) in [4.78, 5) is 2.45. The first kappa shape index (κ1) is 7.56. The largest absolute Gasteiger partial charge is 0.381 e. The molecule has 0 bridgehead atoms. The number of hydrogen-bond donors (Lipinski definition) is 0. The maximum atomic E-state index is 5.36. The zero-order chi connectivity index (χ0) is 7.84. The molecule has 1 saturated carbocycles. The van der Waals surface area contributed by atoms with Crippen molar-refractivity contribution >= 4 is 0 Å². The molecule has 0 spiro atoms. The second-order valence-electron chi connectivity index (χ2n) is 4.07. The number of likely N-dealkylation sites (tertiary alicyclic amines) is 1. The third kappa shape index (κ3) is 1.30. The Kier molecular flexibility index (Phi) is 1.90. The number of rotatable bonds is 1. The third-order valence-electron chi connectivity index (χ3n) is 3.22. The van der Waals surface area contributed by atoms with Crippen LogP contribution in [0.25, 0.3) is 0 Å². The van der Waals surface area contributed by atoms with Crippen LogP contribution in [0.15, 0.2) is 0 Å².